The van der Waals surface area contributed by atoms with Gasteiger partial charge in [0.2, 0.25) is 10.0 Å². The molecule has 5 nitrogen and oxygen atoms in total. The number of carbonyl (C=O) groups is 1. The second kappa shape index (κ2) is 6.67. The summed E-state index contributed by atoms with van der Waals surface area (Å²) in [5.41, 5.74) is 1.72. The van der Waals surface area contributed by atoms with Gasteiger partial charge in [0.25, 0.3) is 0 Å². The van der Waals surface area contributed by atoms with Crippen LogP contribution in [-0.4, -0.2) is 19.2 Å². The number of thiophene rings is 1. The first kappa shape index (κ1) is 17.7. The van der Waals surface area contributed by atoms with Crippen LogP contribution >= 0.6 is 11.3 Å². The van der Waals surface area contributed by atoms with E-state index in [1.807, 2.05) is 31.2 Å². The number of nitrogens with zero attached hydrogens (tertiary/aromatic N) is 1. The number of Topliss-reactive ketones (excluding diaryl/α,β-unsaturated/α-hetero) is 1. The molecule has 25 heavy (non-hydrogen) atoms. The van der Waals surface area contributed by atoms with Gasteiger partial charge in [0.1, 0.15) is 4.90 Å². The molecule has 2 heterocycles. The Labute approximate surface area is 150 Å². The third-order valence-corrected chi connectivity index (χ3v) is 6.75. The van der Waals surface area contributed by atoms with Crippen molar-refractivity contribution in [2.45, 2.75) is 32.2 Å². The fourth-order valence-electron chi connectivity index (χ4n) is 2.80. The number of ketones is 1. The van der Waals surface area contributed by atoms with Crippen LogP contribution in [0.5, 0.6) is 0 Å². The molecule has 130 valence electrons. The van der Waals surface area contributed by atoms with Crippen molar-refractivity contribution in [3.63, 3.8) is 0 Å². The van der Waals surface area contributed by atoms with Gasteiger partial charge >= 0.3 is 0 Å². The first-order chi connectivity index (χ1) is 11.8. The Morgan fingerprint density at radius 2 is 1.88 bits per heavy atom. The number of hydrogen-bond donors (Lipinski definition) is 1. The Balaban J connectivity index is 1.88. The predicted octanol–water partition coefficient (Wildman–Crippen LogP) is 3.59. The largest absolute Gasteiger partial charge is 0.294 e. The van der Waals surface area contributed by atoms with Gasteiger partial charge in [-0.25, -0.2) is 13.1 Å². The average molecular weight is 374 g/mol. The molecule has 0 aliphatic heterocycles. The van der Waals surface area contributed by atoms with Crippen molar-refractivity contribution in [1.82, 2.24) is 9.71 Å². The number of carbonyl (C=O) groups excluding carboxylic acids is 1. The third-order valence-electron chi connectivity index (χ3n) is 3.95. The van der Waals surface area contributed by atoms with Crippen molar-refractivity contribution in [3.8, 4) is 0 Å². The fraction of sp³-hybridized carbons (Fsp3) is 0.222. The first-order valence-corrected chi connectivity index (χ1v) is 10.0. The van der Waals surface area contributed by atoms with Crippen LogP contribution in [0.15, 0.2) is 41.3 Å². The summed E-state index contributed by atoms with van der Waals surface area (Å²) in [5.74, 6) is -0.0579. The summed E-state index contributed by atoms with van der Waals surface area (Å²) in [5, 5.41) is 0.730. The molecule has 0 radical (unpaired) electrons. The zero-order chi connectivity index (χ0) is 18.2. The predicted molar refractivity (Wildman–Crippen MR) is 99.6 cm³/mol. The highest BCUT2D eigenvalue weighted by Gasteiger charge is 2.22. The molecule has 0 atom stereocenters. The van der Waals surface area contributed by atoms with E-state index in [0.717, 1.165) is 15.0 Å². The maximum absolute atomic E-state index is 12.8. The van der Waals surface area contributed by atoms with Crippen molar-refractivity contribution < 1.29 is 13.2 Å². The van der Waals surface area contributed by atoms with E-state index in [-0.39, 0.29) is 12.3 Å². The highest BCUT2D eigenvalue weighted by molar-refractivity contribution is 7.90. The molecule has 7 heteroatoms. The summed E-state index contributed by atoms with van der Waals surface area (Å²) in [6.07, 6.45) is 0. The zero-order valence-electron chi connectivity index (χ0n) is 14.2. The van der Waals surface area contributed by atoms with Gasteiger partial charge < -0.3 is 0 Å². The molecule has 0 bridgehead atoms. The number of nitrogens with one attached hydrogen (secondary N) is 1. The number of hydrogen-bond acceptors (Lipinski definition) is 5. The molecule has 0 saturated heterocycles. The van der Waals surface area contributed by atoms with Gasteiger partial charge in [-0.3, -0.25) is 9.78 Å². The van der Waals surface area contributed by atoms with Crippen molar-refractivity contribution in [2.75, 3.05) is 0 Å². The standard InChI is InChI=1S/C18H18N2O3S2/c1-11-15(12(2)21)9-8-14(20-11)10-19-25(22,23)18-13(3)24-17-7-5-4-6-16(17)18/h4-9,19H,10H2,1-3H3. The van der Waals surface area contributed by atoms with Crippen LogP contribution in [0.3, 0.4) is 0 Å². The van der Waals surface area contributed by atoms with E-state index in [2.05, 4.69) is 9.71 Å². The molecule has 0 unspecified atom stereocenters. The number of benzene rings is 1. The monoisotopic (exact) mass is 374 g/mol. The average Bonchev–Trinajstić information content (AvgIpc) is 2.89. The Hall–Kier alpha value is -2.09. The molecule has 0 amide bonds. The lowest BCUT2D eigenvalue weighted by molar-refractivity contribution is 0.101. The molecule has 1 aromatic carbocycles. The summed E-state index contributed by atoms with van der Waals surface area (Å²) in [6.45, 7) is 5.11. The molecule has 3 rings (SSSR count). The van der Waals surface area contributed by atoms with Gasteiger partial charge in [0, 0.05) is 26.2 Å². The molecular weight excluding hydrogens is 356 g/mol. The Bertz CT molecular complexity index is 1070. The lowest BCUT2D eigenvalue weighted by Gasteiger charge is -2.09. The molecule has 1 N–H and O–H groups in total. The number of aryl methyl sites for hydroxylation is 2. The van der Waals surface area contributed by atoms with Gasteiger partial charge in [0.05, 0.1) is 12.2 Å². The van der Waals surface area contributed by atoms with E-state index in [0.29, 0.717) is 21.8 Å². The maximum atomic E-state index is 12.8. The normalized spacial score (nSPS) is 11.8. The Morgan fingerprint density at radius 1 is 1.16 bits per heavy atom. The smallest absolute Gasteiger partial charge is 0.242 e. The minimum Gasteiger partial charge on any atom is -0.294 e. The van der Waals surface area contributed by atoms with E-state index < -0.39 is 10.0 Å². The van der Waals surface area contributed by atoms with Crippen molar-refractivity contribution in [2.24, 2.45) is 0 Å². The number of fused-ring (bicyclic) bond motifs is 1. The maximum Gasteiger partial charge on any atom is 0.242 e. The van der Waals surface area contributed by atoms with E-state index in [1.165, 1.54) is 18.3 Å². The Kier molecular flexibility index (Phi) is 4.73. The first-order valence-electron chi connectivity index (χ1n) is 7.75. The second-order valence-electron chi connectivity index (χ2n) is 5.80. The second-order valence-corrected chi connectivity index (χ2v) is 8.76. The summed E-state index contributed by atoms with van der Waals surface area (Å²) >= 11 is 1.46. The van der Waals surface area contributed by atoms with Gasteiger partial charge in [-0.15, -0.1) is 11.3 Å². The minimum absolute atomic E-state index is 0.0579. The van der Waals surface area contributed by atoms with Gasteiger partial charge in [-0.05, 0) is 39.0 Å². The number of sulfonamides is 1. The van der Waals surface area contributed by atoms with Crippen LogP contribution < -0.4 is 4.72 Å². The lowest BCUT2D eigenvalue weighted by atomic mass is 10.1. The molecule has 0 fully saturated rings. The van der Waals surface area contributed by atoms with Crippen LogP contribution in [0.4, 0.5) is 0 Å². The third kappa shape index (κ3) is 3.49. The van der Waals surface area contributed by atoms with Gasteiger partial charge in [-0.2, -0.15) is 0 Å². The summed E-state index contributed by atoms with van der Waals surface area (Å²) < 4.78 is 29.1. The summed E-state index contributed by atoms with van der Waals surface area (Å²) in [6, 6.07) is 10.8. The van der Waals surface area contributed by atoms with E-state index in [4.69, 9.17) is 0 Å². The van der Waals surface area contributed by atoms with Crippen molar-refractivity contribution >= 4 is 37.2 Å². The van der Waals surface area contributed by atoms with Crippen LogP contribution in [0.1, 0.15) is 33.5 Å². The highest BCUT2D eigenvalue weighted by Crippen LogP contribution is 2.33. The van der Waals surface area contributed by atoms with E-state index in [9.17, 15) is 13.2 Å². The topological polar surface area (TPSA) is 76.1 Å². The molecule has 0 spiro atoms. The molecule has 2 aromatic heterocycles. The van der Waals surface area contributed by atoms with Crippen molar-refractivity contribution in [1.29, 1.82) is 0 Å². The number of rotatable bonds is 5. The van der Waals surface area contributed by atoms with Crippen LogP contribution in [0, 0.1) is 13.8 Å². The van der Waals surface area contributed by atoms with Crippen LogP contribution in [-0.2, 0) is 16.6 Å². The molecule has 0 aliphatic carbocycles. The molecule has 3 aromatic rings. The SMILES string of the molecule is CC(=O)c1ccc(CNS(=O)(=O)c2c(C)sc3ccccc23)nc1C. The summed E-state index contributed by atoms with van der Waals surface area (Å²) in [7, 11) is -3.66. The van der Waals surface area contributed by atoms with E-state index >= 15 is 0 Å². The lowest BCUT2D eigenvalue weighted by Crippen LogP contribution is -2.24. The molecule has 0 saturated carbocycles. The van der Waals surface area contributed by atoms with Gasteiger partial charge in [-0.1, -0.05) is 18.2 Å². The number of pyridine rings is 1. The quantitative estimate of drug-likeness (QED) is 0.693. The molecular formula is C18H18N2O3S2. The Morgan fingerprint density at radius 3 is 2.56 bits per heavy atom. The zero-order valence-corrected chi connectivity index (χ0v) is 15.8. The van der Waals surface area contributed by atoms with Crippen LogP contribution in [0.2, 0.25) is 0 Å². The van der Waals surface area contributed by atoms with Gasteiger partial charge in [0.15, 0.2) is 5.78 Å². The molecule has 0 aliphatic rings. The minimum atomic E-state index is -3.66. The highest BCUT2D eigenvalue weighted by atomic mass is 32.2. The van der Waals surface area contributed by atoms with Crippen molar-refractivity contribution in [3.05, 3.63) is 58.2 Å². The fourth-order valence-corrected chi connectivity index (χ4v) is 5.61. The number of aromatic nitrogens is 1. The van der Waals surface area contributed by atoms with E-state index in [1.54, 1.807) is 19.1 Å². The van der Waals surface area contributed by atoms with Crippen LogP contribution in [0.25, 0.3) is 10.1 Å². The summed E-state index contributed by atoms with van der Waals surface area (Å²) in [4.78, 5) is 16.9.